The van der Waals surface area contributed by atoms with Crippen LogP contribution in [0.2, 0.25) is 0 Å². The molecule has 1 aliphatic heterocycles. The second kappa shape index (κ2) is 5.08. The summed E-state index contributed by atoms with van der Waals surface area (Å²) < 4.78 is 0. The molecule has 3 heteroatoms. The van der Waals surface area contributed by atoms with E-state index in [9.17, 15) is 0 Å². The largest absolute Gasteiger partial charge is 0.393 e. The zero-order valence-corrected chi connectivity index (χ0v) is 10.2. The van der Waals surface area contributed by atoms with E-state index in [4.69, 9.17) is 18.0 Å². The van der Waals surface area contributed by atoms with Crippen molar-refractivity contribution in [3.63, 3.8) is 0 Å². The normalized spacial score (nSPS) is 22.1. The van der Waals surface area contributed by atoms with Crippen LogP contribution in [0, 0.1) is 5.41 Å². The van der Waals surface area contributed by atoms with Crippen LogP contribution in [0.4, 0.5) is 0 Å². The van der Waals surface area contributed by atoms with Gasteiger partial charge in [-0.25, -0.2) is 0 Å². The molecule has 14 heavy (non-hydrogen) atoms. The molecular weight excluding hydrogens is 192 g/mol. The number of unbranched alkanes of at least 4 members (excludes halogenated alkanes) is 1. The van der Waals surface area contributed by atoms with Crippen LogP contribution in [-0.2, 0) is 0 Å². The van der Waals surface area contributed by atoms with E-state index in [0.29, 0.717) is 4.99 Å². The highest BCUT2D eigenvalue weighted by Gasteiger charge is 2.32. The van der Waals surface area contributed by atoms with Crippen LogP contribution in [0.25, 0.3) is 0 Å². The van der Waals surface area contributed by atoms with Crippen LogP contribution < -0.4 is 5.73 Å². The highest BCUT2D eigenvalue weighted by atomic mass is 32.1. The molecule has 0 amide bonds. The first kappa shape index (κ1) is 11.9. The second-order valence-corrected chi connectivity index (χ2v) is 5.06. The van der Waals surface area contributed by atoms with Gasteiger partial charge in [0.2, 0.25) is 0 Å². The molecular formula is C11H22N2S. The minimum absolute atomic E-state index is 0.123. The van der Waals surface area contributed by atoms with Crippen molar-refractivity contribution in [1.29, 1.82) is 0 Å². The van der Waals surface area contributed by atoms with E-state index in [2.05, 4.69) is 18.7 Å². The van der Waals surface area contributed by atoms with Gasteiger partial charge in [-0.1, -0.05) is 32.5 Å². The molecule has 0 spiro atoms. The van der Waals surface area contributed by atoms with Gasteiger partial charge in [0.1, 0.15) is 0 Å². The highest BCUT2D eigenvalue weighted by Crippen LogP contribution is 2.31. The van der Waals surface area contributed by atoms with Crippen LogP contribution in [0.3, 0.4) is 0 Å². The van der Waals surface area contributed by atoms with E-state index in [1.54, 1.807) is 0 Å². The molecule has 0 atom stereocenters. The van der Waals surface area contributed by atoms with Crippen molar-refractivity contribution in [2.75, 3.05) is 19.6 Å². The van der Waals surface area contributed by atoms with Crippen molar-refractivity contribution in [2.45, 2.75) is 39.5 Å². The molecule has 2 nitrogen and oxygen atoms in total. The van der Waals surface area contributed by atoms with Gasteiger partial charge in [-0.3, -0.25) is 0 Å². The Hall–Kier alpha value is -0.150. The van der Waals surface area contributed by atoms with Gasteiger partial charge >= 0.3 is 0 Å². The number of nitrogens with zero attached hydrogens (tertiary/aromatic N) is 1. The maximum atomic E-state index is 5.76. The fourth-order valence-corrected chi connectivity index (χ4v) is 2.10. The third-order valence-electron chi connectivity index (χ3n) is 3.38. The van der Waals surface area contributed by atoms with Crippen molar-refractivity contribution in [3.8, 4) is 0 Å². The molecule has 0 unspecified atom stereocenters. The lowest BCUT2D eigenvalue weighted by Crippen LogP contribution is -2.44. The predicted octanol–water partition coefficient (Wildman–Crippen LogP) is 2.17. The number of thiocarbonyl (C=S) groups is 1. The second-order valence-electron chi connectivity index (χ2n) is 4.62. The van der Waals surface area contributed by atoms with Crippen molar-refractivity contribution >= 4 is 17.2 Å². The molecule has 1 heterocycles. The van der Waals surface area contributed by atoms with E-state index >= 15 is 0 Å². The van der Waals surface area contributed by atoms with Crippen LogP contribution in [-0.4, -0.2) is 29.5 Å². The van der Waals surface area contributed by atoms with E-state index in [1.807, 2.05) is 0 Å². The lowest BCUT2D eigenvalue weighted by molar-refractivity contribution is 0.163. The molecule has 1 fully saturated rings. The van der Waals surface area contributed by atoms with Gasteiger partial charge < -0.3 is 10.6 Å². The molecule has 82 valence electrons. The van der Waals surface area contributed by atoms with E-state index < -0.39 is 0 Å². The summed E-state index contributed by atoms with van der Waals surface area (Å²) in [6.45, 7) is 8.00. The number of hydrogen-bond acceptors (Lipinski definition) is 2. The molecule has 0 aromatic heterocycles. The third-order valence-corrected chi connectivity index (χ3v) is 3.88. The Labute approximate surface area is 92.8 Å². The Morgan fingerprint density at radius 2 is 2.00 bits per heavy atom. The summed E-state index contributed by atoms with van der Waals surface area (Å²) in [6.07, 6.45) is 4.85. The summed E-state index contributed by atoms with van der Waals surface area (Å²) in [5, 5.41) is 0. The van der Waals surface area contributed by atoms with E-state index in [-0.39, 0.29) is 5.41 Å². The summed E-state index contributed by atoms with van der Waals surface area (Å²) in [5.41, 5.74) is 5.88. The summed E-state index contributed by atoms with van der Waals surface area (Å²) in [6, 6.07) is 0. The third kappa shape index (κ3) is 2.92. The van der Waals surface area contributed by atoms with Crippen molar-refractivity contribution in [2.24, 2.45) is 11.1 Å². The molecule has 0 aromatic rings. The molecule has 1 aliphatic rings. The van der Waals surface area contributed by atoms with Gasteiger partial charge in [0.15, 0.2) is 0 Å². The molecule has 0 saturated carbocycles. The molecule has 0 aliphatic carbocycles. The van der Waals surface area contributed by atoms with Gasteiger partial charge in [0.25, 0.3) is 0 Å². The quantitative estimate of drug-likeness (QED) is 0.727. The number of hydrogen-bond donors (Lipinski definition) is 1. The number of nitrogens with two attached hydrogens (primary N) is 1. The van der Waals surface area contributed by atoms with Crippen molar-refractivity contribution in [3.05, 3.63) is 0 Å². The zero-order valence-electron chi connectivity index (χ0n) is 9.38. The van der Waals surface area contributed by atoms with E-state index in [1.165, 1.54) is 19.4 Å². The van der Waals surface area contributed by atoms with Crippen molar-refractivity contribution in [1.82, 2.24) is 4.90 Å². The molecule has 0 radical (unpaired) electrons. The number of likely N-dealkylation sites (tertiary alicyclic amines) is 1. The van der Waals surface area contributed by atoms with Crippen LogP contribution in [0.5, 0.6) is 0 Å². The summed E-state index contributed by atoms with van der Waals surface area (Å²) >= 11 is 5.11. The van der Waals surface area contributed by atoms with Crippen LogP contribution >= 0.6 is 12.2 Å². The smallest absolute Gasteiger partial charge is 0.0788 e. The minimum Gasteiger partial charge on any atom is -0.393 e. The van der Waals surface area contributed by atoms with Crippen molar-refractivity contribution < 1.29 is 0 Å². The fraction of sp³-hybridized carbons (Fsp3) is 0.909. The summed E-state index contributed by atoms with van der Waals surface area (Å²) in [4.78, 5) is 3.23. The van der Waals surface area contributed by atoms with Crippen LogP contribution in [0.1, 0.15) is 39.5 Å². The Balaban J connectivity index is 2.34. The Morgan fingerprint density at radius 3 is 2.43 bits per heavy atom. The predicted molar refractivity (Wildman–Crippen MR) is 65.5 cm³/mol. The number of rotatable bonds is 4. The molecule has 1 rings (SSSR count). The average molecular weight is 214 g/mol. The SMILES string of the molecule is CCCCN1CCC(C)(C(N)=S)CC1. The number of piperidine rings is 1. The lowest BCUT2D eigenvalue weighted by Gasteiger charge is -2.38. The standard InChI is InChI=1S/C11H22N2S/c1-3-4-7-13-8-5-11(2,6-9-13)10(12)14/h3-9H2,1-2H3,(H2,12,14). The monoisotopic (exact) mass is 214 g/mol. The fourth-order valence-electron chi connectivity index (χ4n) is 1.90. The molecule has 0 bridgehead atoms. The Bertz CT molecular complexity index is 195. The topological polar surface area (TPSA) is 29.3 Å². The summed E-state index contributed by atoms with van der Waals surface area (Å²) in [5.74, 6) is 0. The average Bonchev–Trinajstić information content (AvgIpc) is 2.17. The van der Waals surface area contributed by atoms with Crippen LogP contribution in [0.15, 0.2) is 0 Å². The first-order valence-electron chi connectivity index (χ1n) is 5.61. The Kier molecular flexibility index (Phi) is 4.32. The zero-order chi connectivity index (χ0) is 10.6. The van der Waals surface area contributed by atoms with Gasteiger partial charge in [0, 0.05) is 5.41 Å². The van der Waals surface area contributed by atoms with Gasteiger partial charge in [0.05, 0.1) is 4.99 Å². The van der Waals surface area contributed by atoms with Gasteiger partial charge in [-0.05, 0) is 38.9 Å². The summed E-state index contributed by atoms with van der Waals surface area (Å²) in [7, 11) is 0. The van der Waals surface area contributed by atoms with Gasteiger partial charge in [-0.2, -0.15) is 0 Å². The highest BCUT2D eigenvalue weighted by molar-refractivity contribution is 7.80. The molecule has 1 saturated heterocycles. The minimum atomic E-state index is 0.123. The molecule has 0 aromatic carbocycles. The van der Waals surface area contributed by atoms with E-state index in [0.717, 1.165) is 25.9 Å². The maximum Gasteiger partial charge on any atom is 0.0788 e. The van der Waals surface area contributed by atoms with Gasteiger partial charge in [-0.15, -0.1) is 0 Å². The first-order valence-corrected chi connectivity index (χ1v) is 6.01. The lowest BCUT2D eigenvalue weighted by atomic mass is 9.80. The first-order chi connectivity index (χ1) is 6.58. The Morgan fingerprint density at radius 1 is 1.43 bits per heavy atom. The maximum absolute atomic E-state index is 5.76. The molecule has 2 N–H and O–H groups in total.